The molecule has 1 fully saturated rings. The van der Waals surface area contributed by atoms with E-state index in [1.807, 2.05) is 0 Å². The van der Waals surface area contributed by atoms with Gasteiger partial charge in [-0.3, -0.25) is 4.79 Å². The van der Waals surface area contributed by atoms with Crippen molar-refractivity contribution >= 4 is 16.7 Å². The van der Waals surface area contributed by atoms with Crippen LogP contribution in [0.15, 0.2) is 36.4 Å². The number of nitrogens with zero attached hydrogens (tertiary/aromatic N) is 1. The molecule has 2 atom stereocenters. The zero-order valence-corrected chi connectivity index (χ0v) is 19.7. The molecule has 1 saturated carbocycles. The van der Waals surface area contributed by atoms with Crippen LogP contribution >= 0.6 is 0 Å². The SMILES string of the molecule is [2H]C([2H])([C@@H](O)CO)n1c(C(C)(C([2H])([2H])[2H])C([2H])([2H])C)cc2cc(CC(=O)C3(c4ccc5c(c4)OC(F)(F)O5)C([2H])([2H])C3([2H])[2H])c(F)cc21. The highest BCUT2D eigenvalue weighted by Crippen LogP contribution is 2.52. The van der Waals surface area contributed by atoms with Gasteiger partial charge in [0.25, 0.3) is 0 Å². The molecule has 9 heteroatoms. The molecule has 0 saturated heterocycles. The van der Waals surface area contributed by atoms with Crippen molar-refractivity contribution in [1.29, 1.82) is 0 Å². The van der Waals surface area contributed by atoms with Gasteiger partial charge in [-0.1, -0.05) is 26.8 Å². The molecule has 6 nitrogen and oxygen atoms in total. The first-order chi connectivity index (χ1) is 21.6. The largest absolute Gasteiger partial charge is 0.586 e. The van der Waals surface area contributed by atoms with E-state index in [0.717, 1.165) is 44.2 Å². The van der Waals surface area contributed by atoms with E-state index in [1.54, 1.807) is 0 Å². The lowest BCUT2D eigenvalue weighted by Gasteiger charge is -2.26. The molecular weight excluding hydrogens is 487 g/mol. The second-order valence-corrected chi connectivity index (χ2v) is 9.00. The summed E-state index contributed by atoms with van der Waals surface area (Å²) in [6.07, 6.45) is -15.6. The fourth-order valence-electron chi connectivity index (χ4n) is 4.23. The van der Waals surface area contributed by atoms with E-state index in [4.69, 9.17) is 15.1 Å². The molecule has 2 aliphatic rings. The maximum Gasteiger partial charge on any atom is 0.586 e. The molecule has 37 heavy (non-hydrogen) atoms. The summed E-state index contributed by atoms with van der Waals surface area (Å²) in [5.74, 6) is -3.45. The second kappa shape index (κ2) is 8.77. The van der Waals surface area contributed by atoms with Crippen molar-refractivity contribution < 1.29 is 52.7 Å². The number of carbonyl (C=O) groups is 1. The highest BCUT2D eigenvalue weighted by Gasteiger charge is 2.52. The number of alkyl halides is 2. The van der Waals surface area contributed by atoms with Crippen molar-refractivity contribution in [2.24, 2.45) is 0 Å². The maximum absolute atomic E-state index is 15.9. The van der Waals surface area contributed by atoms with Crippen molar-refractivity contribution in [2.75, 3.05) is 6.61 Å². The average Bonchev–Trinajstić information content (AvgIpc) is 3.25. The summed E-state index contributed by atoms with van der Waals surface area (Å²) in [7, 11) is 0. The van der Waals surface area contributed by atoms with Crippen LogP contribution in [0.2, 0.25) is 0 Å². The molecule has 198 valence electrons. The number of hydrogen-bond donors (Lipinski definition) is 2. The predicted octanol–water partition coefficient (Wildman–Crippen LogP) is 4.99. The smallest absolute Gasteiger partial charge is 0.395 e. The van der Waals surface area contributed by atoms with E-state index in [-0.39, 0.29) is 16.5 Å². The van der Waals surface area contributed by atoms with Gasteiger partial charge in [-0.2, -0.15) is 0 Å². The maximum atomic E-state index is 15.9. The molecule has 2 aromatic carbocycles. The van der Waals surface area contributed by atoms with Crippen LogP contribution in [0.5, 0.6) is 11.5 Å². The summed E-state index contributed by atoms with van der Waals surface area (Å²) in [5, 5.41) is 19.8. The molecule has 5 rings (SSSR count). The summed E-state index contributed by atoms with van der Waals surface area (Å²) < 4.78 is 144. The number of carbonyl (C=O) groups excluding carboxylic acids is 1. The average molecular weight is 529 g/mol. The van der Waals surface area contributed by atoms with Crippen LogP contribution in [0.1, 0.15) is 71.7 Å². The molecule has 1 unspecified atom stereocenters. The summed E-state index contributed by atoms with van der Waals surface area (Å²) in [6, 6.07) is 5.54. The first kappa shape index (κ1) is 15.4. The molecule has 0 bridgehead atoms. The Labute approximate surface area is 228 Å². The van der Waals surface area contributed by atoms with E-state index < -0.39 is 103 Å². The second-order valence-electron chi connectivity index (χ2n) is 9.00. The molecule has 1 aromatic heterocycles. The standard InChI is InChI=1S/C28H30F3NO5/c1-4-26(2,3)24-10-17-9-16(20(29)13-21(17)32(24)14-19(34)15-33)11-25(35)27(7-8-27)18-5-6-22-23(12-18)37-28(30,31)36-22/h5-6,9-10,12-13,19,33-34H,4,7-8,11,14-15H2,1-3H3/t19-/m1/s1/i2D3,4D2,7D2,8D2,14D2/t19-,26?. The highest BCUT2D eigenvalue weighted by atomic mass is 19.3. The lowest BCUT2D eigenvalue weighted by atomic mass is 9.86. The van der Waals surface area contributed by atoms with Gasteiger partial charge >= 0.3 is 6.29 Å². The summed E-state index contributed by atoms with van der Waals surface area (Å²) >= 11 is 0. The van der Waals surface area contributed by atoms with Crippen LogP contribution in [-0.4, -0.2) is 39.6 Å². The number of fused-ring (bicyclic) bond motifs is 2. The molecule has 3 aromatic rings. The lowest BCUT2D eigenvalue weighted by molar-refractivity contribution is -0.286. The van der Waals surface area contributed by atoms with E-state index in [9.17, 15) is 23.8 Å². The predicted molar refractivity (Wildman–Crippen MR) is 131 cm³/mol. The third-order valence-electron chi connectivity index (χ3n) is 6.41. The Bertz CT molecular complexity index is 1790. The van der Waals surface area contributed by atoms with Crippen LogP contribution in [0.4, 0.5) is 13.2 Å². The first-order valence-corrected chi connectivity index (χ1v) is 11.2. The molecule has 1 aliphatic heterocycles. The minimum absolute atomic E-state index is 0.135. The van der Waals surface area contributed by atoms with Crippen molar-refractivity contribution in [3.63, 3.8) is 0 Å². The van der Waals surface area contributed by atoms with E-state index in [1.165, 1.54) is 0 Å². The van der Waals surface area contributed by atoms with Gasteiger partial charge in [-0.15, -0.1) is 8.78 Å². The molecule has 0 spiro atoms. The Hall–Kier alpha value is -3.04. The topological polar surface area (TPSA) is 80.9 Å². The Morgan fingerprint density at radius 2 is 2.00 bits per heavy atom. The van der Waals surface area contributed by atoms with Gasteiger partial charge in [0.2, 0.25) is 0 Å². The van der Waals surface area contributed by atoms with Crippen LogP contribution in [0.25, 0.3) is 10.9 Å². The summed E-state index contributed by atoms with van der Waals surface area (Å²) in [6.45, 7) is -5.41. The number of aromatic nitrogens is 1. The van der Waals surface area contributed by atoms with Crippen molar-refractivity contribution in [3.05, 3.63) is 59.0 Å². The molecular formula is C28H30F3NO5. The zero-order valence-electron chi connectivity index (χ0n) is 30.7. The number of Topliss-reactive ketones (excluding diaryl/α,β-unsaturated/α-hetero) is 1. The summed E-state index contributed by atoms with van der Waals surface area (Å²) in [5.41, 5.74) is -6.93. The van der Waals surface area contributed by atoms with Crippen LogP contribution in [0, 0.1) is 5.82 Å². The van der Waals surface area contributed by atoms with E-state index in [0.29, 0.717) is 10.6 Å². The number of ketones is 1. The molecule has 0 amide bonds. The fraction of sp³-hybridized carbons (Fsp3) is 0.464. The number of aliphatic hydroxyl groups is 2. The molecule has 0 radical (unpaired) electrons. The van der Waals surface area contributed by atoms with Crippen LogP contribution < -0.4 is 9.47 Å². The van der Waals surface area contributed by atoms with Gasteiger partial charge in [0, 0.05) is 35.3 Å². The molecule has 2 N–H and O–H groups in total. The van der Waals surface area contributed by atoms with E-state index >= 15 is 4.39 Å². The van der Waals surface area contributed by atoms with Crippen molar-refractivity contribution in [3.8, 4) is 11.5 Å². The van der Waals surface area contributed by atoms with Gasteiger partial charge in [0.05, 0.1) is 32.9 Å². The third kappa shape index (κ3) is 4.48. The Kier molecular flexibility index (Phi) is 3.65. The number of aliphatic hydroxyl groups excluding tert-OH is 2. The number of hydrogen-bond acceptors (Lipinski definition) is 5. The lowest BCUT2D eigenvalue weighted by Crippen LogP contribution is -2.26. The van der Waals surface area contributed by atoms with Gasteiger partial charge in [-0.25, -0.2) is 4.39 Å². The van der Waals surface area contributed by atoms with E-state index in [2.05, 4.69) is 9.47 Å². The number of ether oxygens (including phenoxy) is 2. The fourth-order valence-corrected chi connectivity index (χ4v) is 4.23. The van der Waals surface area contributed by atoms with Crippen LogP contribution in [-0.2, 0) is 28.5 Å². The highest BCUT2D eigenvalue weighted by molar-refractivity contribution is 5.95. The molecule has 1 aliphatic carbocycles. The van der Waals surface area contributed by atoms with Gasteiger partial charge in [-0.05, 0) is 60.6 Å². The minimum Gasteiger partial charge on any atom is -0.395 e. The number of benzene rings is 2. The van der Waals surface area contributed by atoms with Crippen molar-refractivity contribution in [2.45, 2.75) is 76.0 Å². The quantitative estimate of drug-likeness (QED) is 0.409. The number of halogens is 3. The summed E-state index contributed by atoms with van der Waals surface area (Å²) in [4.78, 5) is 13.9. The normalized spacial score (nSPS) is 27.8. The third-order valence-corrected chi connectivity index (χ3v) is 6.41. The minimum atomic E-state index is -4.07. The van der Waals surface area contributed by atoms with Crippen molar-refractivity contribution in [1.82, 2.24) is 4.57 Å². The zero-order chi connectivity index (χ0) is 36.4. The van der Waals surface area contributed by atoms with Gasteiger partial charge < -0.3 is 24.3 Å². The van der Waals surface area contributed by atoms with Crippen LogP contribution in [0.3, 0.4) is 0 Å². The first-order valence-electron chi connectivity index (χ1n) is 16.7. The molecule has 2 heterocycles. The Morgan fingerprint density at radius 1 is 1.27 bits per heavy atom. The Balaban J connectivity index is 1.68. The Morgan fingerprint density at radius 3 is 2.65 bits per heavy atom. The van der Waals surface area contributed by atoms with Gasteiger partial charge in [0.1, 0.15) is 11.6 Å². The monoisotopic (exact) mass is 528 g/mol. The van der Waals surface area contributed by atoms with Gasteiger partial charge in [0.15, 0.2) is 11.5 Å². The number of rotatable bonds is 9.